The van der Waals surface area contributed by atoms with E-state index in [4.69, 9.17) is 10.5 Å². The molecule has 10 heteroatoms. The number of aliphatic hydroxyl groups excluding tert-OH is 2. The summed E-state index contributed by atoms with van der Waals surface area (Å²) in [5.41, 5.74) is 7.14. The number of nitrogens with two attached hydrogens (primary N) is 1. The van der Waals surface area contributed by atoms with E-state index in [9.17, 15) is 23.8 Å². The van der Waals surface area contributed by atoms with E-state index >= 15 is 0 Å². The maximum Gasteiger partial charge on any atom is 0.407 e. The second-order valence-electron chi connectivity index (χ2n) is 10.3. The molecule has 0 spiro atoms. The monoisotopic (exact) mass is 594 g/mol. The van der Waals surface area contributed by atoms with Crippen LogP contribution in [0.3, 0.4) is 0 Å². The van der Waals surface area contributed by atoms with Gasteiger partial charge in [0.1, 0.15) is 17.2 Å². The molecule has 2 aromatic carbocycles. The first-order valence-corrected chi connectivity index (χ1v) is 12.8. The number of ether oxygens (including phenoxy) is 1. The summed E-state index contributed by atoms with van der Waals surface area (Å²) in [7, 11) is 0. The lowest BCUT2D eigenvalue weighted by atomic mass is 9.95. The van der Waals surface area contributed by atoms with Crippen molar-refractivity contribution in [1.82, 2.24) is 5.32 Å². The highest BCUT2D eigenvalue weighted by atomic mass is 35.5. The molecule has 0 saturated heterocycles. The lowest BCUT2D eigenvalue weighted by Crippen LogP contribution is -2.42. The number of halogens is 4. The van der Waals surface area contributed by atoms with Crippen LogP contribution in [0.2, 0.25) is 0 Å². The molecule has 224 valence electrons. The van der Waals surface area contributed by atoms with Gasteiger partial charge in [0, 0.05) is 6.04 Å². The minimum atomic E-state index is -0.983. The Morgan fingerprint density at radius 2 is 1.33 bits per heavy atom. The van der Waals surface area contributed by atoms with Gasteiger partial charge in [0.15, 0.2) is 0 Å². The Labute approximate surface area is 244 Å². The van der Waals surface area contributed by atoms with Crippen molar-refractivity contribution in [3.05, 3.63) is 70.3 Å². The van der Waals surface area contributed by atoms with Crippen LogP contribution in [0, 0.1) is 25.5 Å². The Bertz CT molecular complexity index is 1010. The van der Waals surface area contributed by atoms with Gasteiger partial charge in [-0.3, -0.25) is 0 Å². The van der Waals surface area contributed by atoms with E-state index in [1.807, 2.05) is 13.8 Å². The first kappa shape index (κ1) is 39.2. The predicted molar refractivity (Wildman–Crippen MR) is 158 cm³/mol. The quantitative estimate of drug-likeness (QED) is 0.250. The standard InChI is InChI=1S/C17H26FNO3.C12H18FNO.2ClH/c1-6-8-14(19-16(21)22-17(3,4)5)15(20)12-9-7-10-13(18)11(12)2;1-3-5-11(14)12(15)9-6-4-7-10(13)8(9)2;;/h7,9-10,14-15,20H,6,8H2,1-5H3,(H,19,21);4,6-7,11-12,15H,3,5,14H2,1-2H3;2*1H/t14-,15+;11-,12+;;/m11../s1. The van der Waals surface area contributed by atoms with Crippen LogP contribution in [-0.4, -0.2) is 34.0 Å². The molecule has 0 bridgehead atoms. The second-order valence-corrected chi connectivity index (χ2v) is 10.3. The van der Waals surface area contributed by atoms with Gasteiger partial charge in [-0.2, -0.15) is 0 Å². The molecule has 0 fully saturated rings. The third kappa shape index (κ3) is 12.8. The molecule has 1 amide bonds. The summed E-state index contributed by atoms with van der Waals surface area (Å²) in [6.45, 7) is 12.6. The number of alkyl carbamates (subject to hydrolysis) is 1. The van der Waals surface area contributed by atoms with E-state index in [0.717, 1.165) is 19.3 Å². The van der Waals surface area contributed by atoms with Gasteiger partial charge >= 0.3 is 6.09 Å². The molecule has 6 nitrogen and oxygen atoms in total. The second kappa shape index (κ2) is 18.4. The van der Waals surface area contributed by atoms with Gasteiger partial charge < -0.3 is 26.0 Å². The molecule has 0 radical (unpaired) electrons. The number of benzene rings is 2. The van der Waals surface area contributed by atoms with Crippen LogP contribution >= 0.6 is 24.8 Å². The third-order valence-electron chi connectivity index (χ3n) is 5.97. The molecule has 0 aliphatic heterocycles. The highest BCUT2D eigenvalue weighted by Crippen LogP contribution is 2.25. The van der Waals surface area contributed by atoms with Crippen molar-refractivity contribution in [1.29, 1.82) is 0 Å². The number of rotatable bonds is 9. The first-order valence-electron chi connectivity index (χ1n) is 12.8. The molecule has 2 rings (SSSR count). The van der Waals surface area contributed by atoms with Crippen LogP contribution in [0.5, 0.6) is 0 Å². The molecule has 4 atom stereocenters. The zero-order chi connectivity index (χ0) is 28.3. The summed E-state index contributed by atoms with van der Waals surface area (Å²) in [4.78, 5) is 11.9. The van der Waals surface area contributed by atoms with Crippen molar-refractivity contribution in [2.75, 3.05) is 0 Å². The van der Waals surface area contributed by atoms with Crippen LogP contribution in [0.15, 0.2) is 36.4 Å². The van der Waals surface area contributed by atoms with Crippen LogP contribution in [0.1, 0.15) is 94.8 Å². The average molecular weight is 596 g/mol. The Morgan fingerprint density at radius 1 is 0.897 bits per heavy atom. The van der Waals surface area contributed by atoms with Crippen LogP contribution in [0.4, 0.5) is 13.6 Å². The Kier molecular flexibility index (Phi) is 18.5. The number of carbonyl (C=O) groups excluding carboxylic acids is 1. The Balaban J connectivity index is 0. The van der Waals surface area contributed by atoms with Gasteiger partial charge in [0.2, 0.25) is 0 Å². The van der Waals surface area contributed by atoms with E-state index in [0.29, 0.717) is 28.7 Å². The van der Waals surface area contributed by atoms with Crippen molar-refractivity contribution in [3.63, 3.8) is 0 Å². The lowest BCUT2D eigenvalue weighted by Gasteiger charge is -2.27. The number of carbonyl (C=O) groups is 1. The fraction of sp³-hybridized carbons (Fsp3) is 0.552. The van der Waals surface area contributed by atoms with Crippen LogP contribution < -0.4 is 11.1 Å². The van der Waals surface area contributed by atoms with Gasteiger partial charge in [-0.25, -0.2) is 13.6 Å². The summed E-state index contributed by atoms with van der Waals surface area (Å²) in [5, 5.41) is 23.1. The van der Waals surface area contributed by atoms with Crippen molar-refractivity contribution in [3.8, 4) is 0 Å². The van der Waals surface area contributed by atoms with E-state index in [1.54, 1.807) is 58.9 Å². The van der Waals surface area contributed by atoms with E-state index in [1.165, 1.54) is 12.1 Å². The topological polar surface area (TPSA) is 105 Å². The maximum absolute atomic E-state index is 13.7. The third-order valence-corrected chi connectivity index (χ3v) is 5.97. The summed E-state index contributed by atoms with van der Waals surface area (Å²) in [5.74, 6) is -0.667. The lowest BCUT2D eigenvalue weighted by molar-refractivity contribution is 0.0412. The summed E-state index contributed by atoms with van der Waals surface area (Å²) in [6.07, 6.45) is 0.634. The highest BCUT2D eigenvalue weighted by molar-refractivity contribution is 5.85. The molecule has 0 aliphatic carbocycles. The van der Waals surface area contributed by atoms with Crippen LogP contribution in [-0.2, 0) is 4.74 Å². The predicted octanol–water partition coefficient (Wildman–Crippen LogP) is 7.00. The Morgan fingerprint density at radius 3 is 1.74 bits per heavy atom. The average Bonchev–Trinajstić information content (AvgIpc) is 2.81. The first-order chi connectivity index (χ1) is 17.2. The van der Waals surface area contributed by atoms with Gasteiger partial charge in [0.05, 0.1) is 18.2 Å². The molecular weight excluding hydrogens is 549 g/mol. The number of nitrogens with one attached hydrogen (secondary N) is 1. The van der Waals surface area contributed by atoms with Crippen molar-refractivity contribution in [2.45, 2.75) is 104 Å². The van der Waals surface area contributed by atoms with Crippen molar-refractivity contribution < 1.29 is 28.5 Å². The van der Waals surface area contributed by atoms with Crippen molar-refractivity contribution >= 4 is 30.9 Å². The molecule has 2 aromatic rings. The maximum atomic E-state index is 13.7. The molecular formula is C29H46Cl2F2N2O4. The molecule has 0 unspecified atom stereocenters. The number of aliphatic hydroxyl groups is 2. The highest BCUT2D eigenvalue weighted by Gasteiger charge is 2.26. The van der Waals surface area contributed by atoms with Gasteiger partial charge in [-0.15, -0.1) is 24.8 Å². The van der Waals surface area contributed by atoms with Crippen molar-refractivity contribution in [2.24, 2.45) is 5.73 Å². The SMILES string of the molecule is CCC[C@@H](N)[C@@H](O)c1cccc(F)c1C.CCC[C@@H](NC(=O)OC(C)(C)C)[C@@H](O)c1cccc(F)c1C.Cl.Cl. The Hall–Kier alpha value is -1.97. The van der Waals surface area contributed by atoms with E-state index in [2.05, 4.69) is 5.32 Å². The largest absolute Gasteiger partial charge is 0.444 e. The van der Waals surface area contributed by atoms with E-state index < -0.39 is 29.9 Å². The van der Waals surface area contributed by atoms with Gasteiger partial charge in [-0.05, 0) is 81.8 Å². The van der Waals surface area contributed by atoms with Crippen LogP contribution in [0.25, 0.3) is 0 Å². The molecule has 5 N–H and O–H groups in total. The number of amides is 1. The summed E-state index contributed by atoms with van der Waals surface area (Å²) in [6, 6.07) is 8.42. The number of hydrogen-bond acceptors (Lipinski definition) is 5. The molecule has 39 heavy (non-hydrogen) atoms. The zero-order valence-corrected chi connectivity index (χ0v) is 25.6. The summed E-state index contributed by atoms with van der Waals surface area (Å²) >= 11 is 0. The number of hydrogen-bond donors (Lipinski definition) is 4. The molecule has 0 heterocycles. The molecule has 0 saturated carbocycles. The summed E-state index contributed by atoms with van der Waals surface area (Å²) < 4.78 is 32.1. The normalized spacial score (nSPS) is 13.8. The minimum absolute atomic E-state index is 0. The smallest absolute Gasteiger partial charge is 0.407 e. The fourth-order valence-corrected chi connectivity index (χ4v) is 3.91. The fourth-order valence-electron chi connectivity index (χ4n) is 3.91. The van der Waals surface area contributed by atoms with Gasteiger partial charge in [0.25, 0.3) is 0 Å². The molecule has 0 aromatic heterocycles. The zero-order valence-electron chi connectivity index (χ0n) is 24.0. The molecule has 0 aliphatic rings. The van der Waals surface area contributed by atoms with Gasteiger partial charge in [-0.1, -0.05) is 51.0 Å². The van der Waals surface area contributed by atoms with E-state index in [-0.39, 0.29) is 42.5 Å². The minimum Gasteiger partial charge on any atom is -0.444 e.